The number of nitrogens with one attached hydrogen (secondary N) is 1. The van der Waals surface area contributed by atoms with Crippen molar-refractivity contribution in [3.63, 3.8) is 0 Å². The predicted molar refractivity (Wildman–Crippen MR) is 77.6 cm³/mol. The highest BCUT2D eigenvalue weighted by molar-refractivity contribution is 5.49. The maximum atomic E-state index is 6.10. The van der Waals surface area contributed by atoms with E-state index < -0.39 is 0 Å². The average Bonchev–Trinajstić information content (AvgIpc) is 2.36. The molecule has 0 saturated carbocycles. The van der Waals surface area contributed by atoms with E-state index in [4.69, 9.17) is 15.3 Å². The summed E-state index contributed by atoms with van der Waals surface area (Å²) in [6.45, 7) is 8.29. The van der Waals surface area contributed by atoms with Crippen molar-refractivity contribution in [1.29, 1.82) is 0 Å². The van der Waals surface area contributed by atoms with Crippen LogP contribution in [0.1, 0.15) is 52.0 Å². The van der Waals surface area contributed by atoms with E-state index in [1.807, 2.05) is 0 Å². The van der Waals surface area contributed by atoms with Crippen molar-refractivity contribution < 1.29 is 9.47 Å². The Balaban J connectivity index is 2.20. The van der Waals surface area contributed by atoms with Gasteiger partial charge in [-0.15, -0.1) is 0 Å². The fourth-order valence-corrected chi connectivity index (χ4v) is 2.71. The minimum atomic E-state index is 0.117. The zero-order chi connectivity index (χ0) is 14.7. The van der Waals surface area contributed by atoms with Crippen LogP contribution >= 0.6 is 0 Å². The molecule has 1 aromatic heterocycles. The Morgan fingerprint density at radius 2 is 1.95 bits per heavy atom. The highest BCUT2D eigenvalue weighted by Gasteiger charge is 2.27. The summed E-state index contributed by atoms with van der Waals surface area (Å²) in [5, 5.41) is 0. The molecule has 20 heavy (non-hydrogen) atoms. The molecular formula is C14H24N4O2. The number of hydrogen-bond donors (Lipinski definition) is 2. The van der Waals surface area contributed by atoms with Gasteiger partial charge in [-0.25, -0.2) is 15.8 Å². The number of rotatable bonds is 4. The van der Waals surface area contributed by atoms with Crippen LogP contribution in [0.2, 0.25) is 0 Å². The predicted octanol–water partition coefficient (Wildman–Crippen LogP) is 2.22. The van der Waals surface area contributed by atoms with Crippen LogP contribution in [0.4, 0.5) is 5.82 Å². The molecule has 0 amide bonds. The van der Waals surface area contributed by atoms with Crippen LogP contribution in [0.25, 0.3) is 0 Å². The number of nitrogens with two attached hydrogens (primary N) is 1. The van der Waals surface area contributed by atoms with Gasteiger partial charge in [0.05, 0.1) is 17.8 Å². The van der Waals surface area contributed by atoms with E-state index in [-0.39, 0.29) is 24.2 Å². The van der Waals surface area contributed by atoms with Gasteiger partial charge in [0.2, 0.25) is 5.88 Å². The molecule has 1 fully saturated rings. The van der Waals surface area contributed by atoms with Gasteiger partial charge in [-0.3, -0.25) is 0 Å². The van der Waals surface area contributed by atoms with E-state index in [0.29, 0.717) is 11.7 Å². The van der Waals surface area contributed by atoms with E-state index in [0.717, 1.165) is 18.4 Å². The van der Waals surface area contributed by atoms with Gasteiger partial charge in [0.15, 0.2) is 5.82 Å². The van der Waals surface area contributed by atoms with E-state index in [1.165, 1.54) is 6.33 Å². The molecule has 0 spiro atoms. The van der Waals surface area contributed by atoms with Gasteiger partial charge in [0.1, 0.15) is 12.4 Å². The fraction of sp³-hybridized carbons (Fsp3) is 0.714. The van der Waals surface area contributed by atoms with E-state index in [9.17, 15) is 0 Å². The third-order valence-corrected chi connectivity index (χ3v) is 3.49. The molecule has 6 heteroatoms. The van der Waals surface area contributed by atoms with Crippen LogP contribution in [0, 0.1) is 0 Å². The Morgan fingerprint density at radius 1 is 1.30 bits per heavy atom. The number of nitrogens with zero attached hydrogens (tertiary/aromatic N) is 2. The monoisotopic (exact) mass is 280 g/mol. The fourth-order valence-electron chi connectivity index (χ4n) is 2.71. The summed E-state index contributed by atoms with van der Waals surface area (Å²) in [7, 11) is 0. The lowest BCUT2D eigenvalue weighted by molar-refractivity contribution is -0.0731. The average molecular weight is 280 g/mol. The van der Waals surface area contributed by atoms with Crippen LogP contribution in [0.5, 0.6) is 5.88 Å². The summed E-state index contributed by atoms with van der Waals surface area (Å²) in [6.07, 6.45) is 3.75. The number of hydrazine groups is 1. The van der Waals surface area contributed by atoms with Crippen LogP contribution in [0.15, 0.2) is 6.33 Å². The van der Waals surface area contributed by atoms with Gasteiger partial charge in [0, 0.05) is 12.8 Å². The first-order chi connectivity index (χ1) is 9.51. The van der Waals surface area contributed by atoms with Crippen molar-refractivity contribution in [3.8, 4) is 5.88 Å². The zero-order valence-electron chi connectivity index (χ0n) is 12.6. The smallest absolute Gasteiger partial charge is 0.222 e. The van der Waals surface area contributed by atoms with Crippen molar-refractivity contribution in [3.05, 3.63) is 11.9 Å². The first kappa shape index (κ1) is 15.0. The second-order valence-corrected chi connectivity index (χ2v) is 5.71. The summed E-state index contributed by atoms with van der Waals surface area (Å²) in [4.78, 5) is 8.43. The molecule has 2 rings (SSSR count). The van der Waals surface area contributed by atoms with Gasteiger partial charge in [-0.2, -0.15) is 0 Å². The Labute approximate surface area is 120 Å². The maximum absolute atomic E-state index is 6.10. The van der Waals surface area contributed by atoms with Gasteiger partial charge < -0.3 is 14.9 Å². The lowest BCUT2D eigenvalue weighted by atomic mass is 10.0. The molecular weight excluding hydrogens is 256 g/mol. The Morgan fingerprint density at radius 3 is 2.50 bits per heavy atom. The number of ether oxygens (including phenoxy) is 2. The molecule has 1 saturated heterocycles. The first-order valence-electron chi connectivity index (χ1n) is 7.14. The Hall–Kier alpha value is -1.40. The lowest BCUT2D eigenvalue weighted by Crippen LogP contribution is -2.36. The number of anilines is 1. The normalized spacial score (nSPS) is 26.6. The highest BCUT2D eigenvalue weighted by Crippen LogP contribution is 2.32. The molecule has 2 unspecified atom stereocenters. The number of nitrogen functional groups attached to an aromatic ring is 1. The van der Waals surface area contributed by atoms with Crippen molar-refractivity contribution >= 4 is 5.82 Å². The topological polar surface area (TPSA) is 82.3 Å². The molecule has 0 radical (unpaired) electrons. The first-order valence-corrected chi connectivity index (χ1v) is 7.14. The number of aromatic nitrogens is 2. The van der Waals surface area contributed by atoms with Crippen LogP contribution < -0.4 is 16.0 Å². The Bertz CT molecular complexity index is 443. The summed E-state index contributed by atoms with van der Waals surface area (Å²) < 4.78 is 11.8. The molecule has 2 heterocycles. The summed E-state index contributed by atoms with van der Waals surface area (Å²) >= 11 is 0. The standard InChI is InChI=1S/C14H24N4O2/c1-8(2)12-13(18-15)16-7-17-14(12)20-11-5-9(3)19-10(4)6-11/h7-11H,5-6,15H2,1-4H3,(H,16,17,18). The molecule has 6 nitrogen and oxygen atoms in total. The van der Waals surface area contributed by atoms with Crippen molar-refractivity contribution in [2.45, 2.75) is 64.8 Å². The van der Waals surface area contributed by atoms with Crippen LogP contribution in [-0.2, 0) is 4.74 Å². The van der Waals surface area contributed by atoms with Crippen molar-refractivity contribution in [2.24, 2.45) is 5.84 Å². The third kappa shape index (κ3) is 3.37. The Kier molecular flexibility index (Phi) is 4.77. The minimum absolute atomic E-state index is 0.117. The van der Waals surface area contributed by atoms with Gasteiger partial charge in [-0.05, 0) is 19.8 Å². The maximum Gasteiger partial charge on any atom is 0.222 e. The largest absolute Gasteiger partial charge is 0.474 e. The zero-order valence-corrected chi connectivity index (χ0v) is 12.6. The highest BCUT2D eigenvalue weighted by atomic mass is 16.5. The molecule has 0 aromatic carbocycles. The quantitative estimate of drug-likeness (QED) is 0.650. The van der Waals surface area contributed by atoms with E-state index in [1.54, 1.807) is 0 Å². The molecule has 3 N–H and O–H groups in total. The van der Waals surface area contributed by atoms with Crippen molar-refractivity contribution in [2.75, 3.05) is 5.43 Å². The van der Waals surface area contributed by atoms with E-state index in [2.05, 4.69) is 43.1 Å². The molecule has 1 aromatic rings. The van der Waals surface area contributed by atoms with E-state index >= 15 is 0 Å². The summed E-state index contributed by atoms with van der Waals surface area (Å²) in [5.41, 5.74) is 3.53. The lowest BCUT2D eigenvalue weighted by Gasteiger charge is -2.32. The minimum Gasteiger partial charge on any atom is -0.474 e. The van der Waals surface area contributed by atoms with Gasteiger partial charge in [-0.1, -0.05) is 13.8 Å². The van der Waals surface area contributed by atoms with Gasteiger partial charge in [0.25, 0.3) is 0 Å². The molecule has 0 bridgehead atoms. The third-order valence-electron chi connectivity index (χ3n) is 3.49. The second-order valence-electron chi connectivity index (χ2n) is 5.71. The summed E-state index contributed by atoms with van der Waals surface area (Å²) in [6, 6.07) is 0. The van der Waals surface area contributed by atoms with Gasteiger partial charge >= 0.3 is 0 Å². The number of hydrogen-bond acceptors (Lipinski definition) is 6. The van der Waals surface area contributed by atoms with Crippen LogP contribution in [0.3, 0.4) is 0 Å². The molecule has 112 valence electrons. The van der Waals surface area contributed by atoms with Crippen molar-refractivity contribution in [1.82, 2.24) is 9.97 Å². The summed E-state index contributed by atoms with van der Waals surface area (Å²) in [5.74, 6) is 6.99. The van der Waals surface area contributed by atoms with Crippen LogP contribution in [-0.4, -0.2) is 28.3 Å². The molecule has 1 aliphatic rings. The molecule has 2 atom stereocenters. The SMILES string of the molecule is CC1CC(Oc2ncnc(NN)c2C(C)C)CC(C)O1. The molecule has 0 aliphatic carbocycles. The second kappa shape index (κ2) is 6.37. The molecule has 1 aliphatic heterocycles.